The molecule has 6 heteroatoms. The van der Waals surface area contributed by atoms with Gasteiger partial charge in [-0.25, -0.2) is 15.0 Å². The Bertz CT molecular complexity index is 1390. The van der Waals surface area contributed by atoms with Crippen molar-refractivity contribution in [3.8, 4) is 22.4 Å². The molecule has 0 bridgehead atoms. The highest BCUT2D eigenvalue weighted by Crippen LogP contribution is 2.46. The third-order valence-electron chi connectivity index (χ3n) is 6.73. The summed E-state index contributed by atoms with van der Waals surface area (Å²) in [6.07, 6.45) is 15.3. The number of nitrogens with one attached hydrogen (secondary N) is 1. The minimum Gasteiger partial charge on any atom is -0.345 e. The van der Waals surface area contributed by atoms with Gasteiger partial charge in [0, 0.05) is 53.1 Å². The van der Waals surface area contributed by atoms with Gasteiger partial charge in [0.15, 0.2) is 6.33 Å². The van der Waals surface area contributed by atoms with Crippen molar-refractivity contribution in [3.05, 3.63) is 84.8 Å². The second-order valence-electron chi connectivity index (χ2n) is 8.62. The van der Waals surface area contributed by atoms with Crippen molar-refractivity contribution >= 4 is 11.0 Å². The molecule has 1 fully saturated rings. The zero-order valence-corrected chi connectivity index (χ0v) is 17.9. The first-order chi connectivity index (χ1) is 15.7. The van der Waals surface area contributed by atoms with Crippen molar-refractivity contribution < 1.29 is 0 Å². The molecule has 0 saturated heterocycles. The summed E-state index contributed by atoms with van der Waals surface area (Å²) in [5.41, 5.74) is 7.10. The van der Waals surface area contributed by atoms with Gasteiger partial charge >= 0.3 is 0 Å². The average Bonchev–Trinajstić information content (AvgIpc) is 3.59. The van der Waals surface area contributed by atoms with Gasteiger partial charge in [0.2, 0.25) is 0 Å². The molecule has 0 spiro atoms. The van der Waals surface area contributed by atoms with Crippen LogP contribution >= 0.6 is 0 Å². The Morgan fingerprint density at radius 1 is 1.00 bits per heavy atom. The molecule has 6 rings (SSSR count). The largest absolute Gasteiger partial charge is 0.345 e. The lowest BCUT2D eigenvalue weighted by molar-refractivity contribution is 0.516. The summed E-state index contributed by atoms with van der Waals surface area (Å²) in [6, 6.07) is 15.1. The third-order valence-corrected chi connectivity index (χ3v) is 6.73. The first-order valence-electron chi connectivity index (χ1n) is 11.0. The molecule has 157 valence electrons. The van der Waals surface area contributed by atoms with Gasteiger partial charge in [-0.1, -0.05) is 43.2 Å². The van der Waals surface area contributed by atoms with Crippen LogP contribution in [-0.2, 0) is 12.5 Å². The molecule has 4 heterocycles. The van der Waals surface area contributed by atoms with Gasteiger partial charge in [-0.2, -0.15) is 5.10 Å². The fraction of sp³-hybridized carbons (Fsp3) is 0.231. The minimum atomic E-state index is -0.0688. The van der Waals surface area contributed by atoms with Crippen molar-refractivity contribution in [2.24, 2.45) is 7.05 Å². The molecular formula is C26H23N6. The summed E-state index contributed by atoms with van der Waals surface area (Å²) < 4.78 is 1.80. The highest BCUT2D eigenvalue weighted by atomic mass is 15.2. The molecule has 1 aromatic carbocycles. The van der Waals surface area contributed by atoms with E-state index in [1.54, 1.807) is 4.68 Å². The highest BCUT2D eigenvalue weighted by molar-refractivity contribution is 5.94. The fourth-order valence-corrected chi connectivity index (χ4v) is 5.08. The summed E-state index contributed by atoms with van der Waals surface area (Å²) >= 11 is 0. The summed E-state index contributed by atoms with van der Waals surface area (Å²) in [7, 11) is 1.92. The van der Waals surface area contributed by atoms with Crippen LogP contribution in [0.5, 0.6) is 0 Å². The Morgan fingerprint density at radius 3 is 2.62 bits per heavy atom. The number of fused-ring (bicyclic) bond motifs is 1. The molecule has 1 N–H and O–H groups in total. The van der Waals surface area contributed by atoms with Crippen molar-refractivity contribution in [2.75, 3.05) is 0 Å². The van der Waals surface area contributed by atoms with Gasteiger partial charge in [-0.3, -0.25) is 4.68 Å². The number of hydrogen-bond acceptors (Lipinski definition) is 4. The summed E-state index contributed by atoms with van der Waals surface area (Å²) in [4.78, 5) is 17.1. The van der Waals surface area contributed by atoms with E-state index in [9.17, 15) is 0 Å². The van der Waals surface area contributed by atoms with E-state index in [1.165, 1.54) is 18.4 Å². The van der Waals surface area contributed by atoms with Gasteiger partial charge < -0.3 is 4.98 Å². The summed E-state index contributed by atoms with van der Waals surface area (Å²) in [5, 5.41) is 5.32. The number of H-pyrrole nitrogens is 1. The van der Waals surface area contributed by atoms with Crippen molar-refractivity contribution in [2.45, 2.75) is 31.1 Å². The van der Waals surface area contributed by atoms with E-state index in [2.05, 4.69) is 73.8 Å². The Hall–Kier alpha value is -3.80. The predicted molar refractivity (Wildman–Crippen MR) is 124 cm³/mol. The third kappa shape index (κ3) is 3.02. The van der Waals surface area contributed by atoms with E-state index < -0.39 is 0 Å². The number of aromatic amines is 1. The molecule has 1 saturated carbocycles. The quantitative estimate of drug-likeness (QED) is 0.441. The van der Waals surface area contributed by atoms with Crippen molar-refractivity contribution in [1.82, 2.24) is 29.7 Å². The van der Waals surface area contributed by atoms with Crippen LogP contribution in [0.2, 0.25) is 0 Å². The Labute approximate surface area is 186 Å². The van der Waals surface area contributed by atoms with Gasteiger partial charge in [-0.05, 0) is 30.5 Å². The van der Waals surface area contributed by atoms with Crippen LogP contribution in [-0.4, -0.2) is 29.7 Å². The average molecular weight is 420 g/mol. The van der Waals surface area contributed by atoms with Crippen molar-refractivity contribution in [1.29, 1.82) is 0 Å². The Balaban J connectivity index is 1.47. The molecule has 5 aromatic rings. The molecule has 0 amide bonds. The molecule has 1 aliphatic carbocycles. The van der Waals surface area contributed by atoms with Crippen LogP contribution in [0.1, 0.15) is 36.9 Å². The van der Waals surface area contributed by atoms with Crippen LogP contribution in [0, 0.1) is 6.33 Å². The second kappa shape index (κ2) is 7.41. The number of rotatable bonds is 4. The minimum absolute atomic E-state index is 0.0688. The first kappa shape index (κ1) is 18.9. The van der Waals surface area contributed by atoms with Gasteiger partial charge in [0.1, 0.15) is 5.65 Å². The number of aromatic nitrogens is 6. The molecule has 1 radical (unpaired) electrons. The fourth-order valence-electron chi connectivity index (χ4n) is 5.08. The Kier molecular flexibility index (Phi) is 4.38. The standard InChI is InChI=1S/C26H23N6/c1-32-16-19(14-31-32)18-11-21-22(15-28-25(21)27-13-18)23-12-24(30-17-29-23)26(9-5-6-10-26)20-7-3-2-4-8-20/h2-4,7-8,11-16H,5-6,9-10H2,1H3,(H,27,28). The van der Waals surface area contributed by atoms with E-state index >= 15 is 0 Å². The van der Waals surface area contributed by atoms with E-state index in [-0.39, 0.29) is 5.41 Å². The zero-order valence-electron chi connectivity index (χ0n) is 17.9. The SMILES string of the molecule is Cn1cc(-c2cnc3[nH]cc(-c4cc(C5(c6ccccc6)CCCC5)n[c]n4)c3c2)cn1. The topological polar surface area (TPSA) is 72.3 Å². The maximum Gasteiger partial charge on any atom is 0.198 e. The number of pyridine rings is 1. The lowest BCUT2D eigenvalue weighted by Gasteiger charge is -2.29. The van der Waals surface area contributed by atoms with Gasteiger partial charge in [0.25, 0.3) is 0 Å². The first-order valence-corrected chi connectivity index (χ1v) is 11.0. The molecule has 0 aliphatic heterocycles. The molecule has 32 heavy (non-hydrogen) atoms. The number of hydrogen-bond donors (Lipinski definition) is 1. The second-order valence-corrected chi connectivity index (χ2v) is 8.62. The smallest absolute Gasteiger partial charge is 0.198 e. The summed E-state index contributed by atoms with van der Waals surface area (Å²) in [6.45, 7) is 0. The van der Waals surface area contributed by atoms with E-state index in [4.69, 9.17) is 0 Å². The number of aryl methyl sites for hydroxylation is 1. The predicted octanol–water partition coefficient (Wildman–Crippen LogP) is 5.08. The van der Waals surface area contributed by atoms with Gasteiger partial charge in [-0.15, -0.1) is 0 Å². The highest BCUT2D eigenvalue weighted by Gasteiger charge is 2.39. The van der Waals surface area contributed by atoms with Gasteiger partial charge in [0.05, 0.1) is 17.6 Å². The zero-order chi connectivity index (χ0) is 21.5. The maximum atomic E-state index is 4.65. The Morgan fingerprint density at radius 2 is 1.84 bits per heavy atom. The molecule has 0 unspecified atom stereocenters. The lowest BCUT2D eigenvalue weighted by Crippen LogP contribution is -2.25. The number of nitrogens with zero attached hydrogens (tertiary/aromatic N) is 5. The lowest BCUT2D eigenvalue weighted by atomic mass is 9.75. The van der Waals surface area contributed by atoms with E-state index in [1.807, 2.05) is 31.8 Å². The molecule has 4 aromatic heterocycles. The monoisotopic (exact) mass is 419 g/mol. The van der Waals surface area contributed by atoms with E-state index in [0.29, 0.717) is 0 Å². The van der Waals surface area contributed by atoms with E-state index in [0.717, 1.165) is 52.0 Å². The molecule has 0 atom stereocenters. The van der Waals surface area contributed by atoms with Crippen LogP contribution in [0.4, 0.5) is 0 Å². The molecule has 1 aliphatic rings. The molecule has 6 nitrogen and oxygen atoms in total. The van der Waals surface area contributed by atoms with Crippen LogP contribution in [0.25, 0.3) is 33.4 Å². The van der Waals surface area contributed by atoms with Crippen LogP contribution < -0.4 is 0 Å². The normalized spacial score (nSPS) is 15.4. The summed E-state index contributed by atoms with van der Waals surface area (Å²) in [5.74, 6) is 0. The maximum absolute atomic E-state index is 4.65. The molecular weight excluding hydrogens is 396 g/mol. The van der Waals surface area contributed by atoms with Crippen LogP contribution in [0.15, 0.2) is 67.3 Å². The van der Waals surface area contributed by atoms with Crippen LogP contribution in [0.3, 0.4) is 0 Å². The number of benzene rings is 1. The van der Waals surface area contributed by atoms with Crippen molar-refractivity contribution in [3.63, 3.8) is 0 Å².